The lowest BCUT2D eigenvalue weighted by molar-refractivity contribution is -0.131. The van der Waals surface area contributed by atoms with Gasteiger partial charge in [-0.1, -0.05) is 13.8 Å². The summed E-state index contributed by atoms with van der Waals surface area (Å²) >= 11 is 0. The maximum Gasteiger partial charge on any atom is 0.242 e. The zero-order valence-electron chi connectivity index (χ0n) is 11.8. The molecule has 0 aromatic rings. The predicted octanol–water partition coefficient (Wildman–Crippen LogP) is -1.10. The minimum Gasteiger partial charge on any atom is -0.354 e. The molecule has 116 valence electrons. The average molecular weight is 307 g/mol. The minimum absolute atomic E-state index is 0. The van der Waals surface area contributed by atoms with Crippen LogP contribution in [-0.2, 0) is 14.4 Å². The maximum atomic E-state index is 11.6. The summed E-state index contributed by atoms with van der Waals surface area (Å²) in [5.41, 5.74) is 5.64. The van der Waals surface area contributed by atoms with Crippen LogP contribution in [0.5, 0.6) is 0 Å². The van der Waals surface area contributed by atoms with Crippen molar-refractivity contribution in [2.75, 3.05) is 13.1 Å². The molecule has 0 spiro atoms. The molecule has 1 heterocycles. The first-order valence-corrected chi connectivity index (χ1v) is 6.52. The molecule has 7 nitrogen and oxygen atoms in total. The Morgan fingerprint density at radius 3 is 2.65 bits per heavy atom. The van der Waals surface area contributed by atoms with Crippen molar-refractivity contribution in [3.05, 3.63) is 0 Å². The van der Waals surface area contributed by atoms with Crippen molar-refractivity contribution < 1.29 is 14.4 Å². The van der Waals surface area contributed by atoms with Crippen LogP contribution in [0.2, 0.25) is 0 Å². The van der Waals surface area contributed by atoms with Gasteiger partial charge in [0.2, 0.25) is 17.7 Å². The molecule has 1 aliphatic heterocycles. The largest absolute Gasteiger partial charge is 0.354 e. The van der Waals surface area contributed by atoms with Gasteiger partial charge in [-0.15, -0.1) is 12.4 Å². The number of amides is 3. The van der Waals surface area contributed by atoms with Crippen molar-refractivity contribution in [3.8, 4) is 0 Å². The number of halogens is 1. The Morgan fingerprint density at radius 2 is 2.10 bits per heavy atom. The van der Waals surface area contributed by atoms with Gasteiger partial charge in [0.1, 0.15) is 6.04 Å². The summed E-state index contributed by atoms with van der Waals surface area (Å²) < 4.78 is 0. The minimum atomic E-state index is -0.634. The lowest BCUT2D eigenvalue weighted by Gasteiger charge is -2.23. The number of nitrogens with one attached hydrogen (secondary N) is 3. The van der Waals surface area contributed by atoms with Gasteiger partial charge in [0, 0.05) is 6.54 Å². The van der Waals surface area contributed by atoms with Crippen molar-refractivity contribution >= 4 is 30.1 Å². The Balaban J connectivity index is 0.00000361. The van der Waals surface area contributed by atoms with Crippen LogP contribution in [0.1, 0.15) is 26.7 Å². The molecule has 1 rings (SSSR count). The molecule has 8 heteroatoms. The van der Waals surface area contributed by atoms with Crippen molar-refractivity contribution in [2.24, 2.45) is 11.7 Å². The van der Waals surface area contributed by atoms with Crippen LogP contribution in [0.15, 0.2) is 0 Å². The summed E-state index contributed by atoms with van der Waals surface area (Å²) in [5.74, 6) is -0.915. The Hall–Kier alpha value is -1.34. The van der Waals surface area contributed by atoms with E-state index in [1.807, 2.05) is 13.8 Å². The number of rotatable bonds is 5. The van der Waals surface area contributed by atoms with Crippen LogP contribution in [0.25, 0.3) is 0 Å². The SMILES string of the molecule is CC(C)[C@H](N)C(=O)NCC(=O)NC1CCCNC1=O.Cl. The van der Waals surface area contributed by atoms with Crippen LogP contribution in [0, 0.1) is 5.92 Å². The second-order valence-corrected chi connectivity index (χ2v) is 5.04. The zero-order chi connectivity index (χ0) is 14.4. The molecule has 0 aromatic heterocycles. The number of hydrogen-bond donors (Lipinski definition) is 4. The maximum absolute atomic E-state index is 11.6. The number of piperidine rings is 1. The third-order valence-corrected chi connectivity index (χ3v) is 3.06. The Labute approximate surface area is 124 Å². The van der Waals surface area contributed by atoms with Gasteiger partial charge in [-0.05, 0) is 18.8 Å². The molecule has 0 bridgehead atoms. The summed E-state index contributed by atoms with van der Waals surface area (Å²) in [4.78, 5) is 34.6. The van der Waals surface area contributed by atoms with E-state index in [4.69, 9.17) is 5.73 Å². The third-order valence-electron chi connectivity index (χ3n) is 3.06. The highest BCUT2D eigenvalue weighted by atomic mass is 35.5. The molecule has 1 fully saturated rings. The first-order chi connectivity index (χ1) is 8.91. The molecule has 2 atom stereocenters. The summed E-state index contributed by atoms with van der Waals surface area (Å²) in [6.07, 6.45) is 1.46. The van der Waals surface area contributed by atoms with Gasteiger partial charge in [0.15, 0.2) is 0 Å². The van der Waals surface area contributed by atoms with Gasteiger partial charge in [-0.25, -0.2) is 0 Å². The van der Waals surface area contributed by atoms with Crippen molar-refractivity contribution in [3.63, 3.8) is 0 Å². The summed E-state index contributed by atoms with van der Waals surface area (Å²) in [7, 11) is 0. The molecule has 0 aliphatic carbocycles. The fourth-order valence-electron chi connectivity index (χ4n) is 1.74. The summed E-state index contributed by atoms with van der Waals surface area (Å²) in [6.45, 7) is 4.14. The molecule has 5 N–H and O–H groups in total. The van der Waals surface area contributed by atoms with Gasteiger partial charge in [-0.2, -0.15) is 0 Å². The smallest absolute Gasteiger partial charge is 0.242 e. The van der Waals surface area contributed by atoms with E-state index >= 15 is 0 Å². The molecule has 0 aromatic carbocycles. The second-order valence-electron chi connectivity index (χ2n) is 5.04. The van der Waals surface area contributed by atoms with E-state index in [0.29, 0.717) is 13.0 Å². The molecule has 0 saturated carbocycles. The van der Waals surface area contributed by atoms with Crippen LogP contribution in [0.4, 0.5) is 0 Å². The van der Waals surface area contributed by atoms with Crippen molar-refractivity contribution in [2.45, 2.75) is 38.8 Å². The van der Waals surface area contributed by atoms with Crippen LogP contribution >= 0.6 is 12.4 Å². The van der Waals surface area contributed by atoms with Crippen LogP contribution in [-0.4, -0.2) is 42.9 Å². The average Bonchev–Trinajstić information content (AvgIpc) is 2.37. The highest BCUT2D eigenvalue weighted by molar-refractivity contribution is 5.91. The monoisotopic (exact) mass is 306 g/mol. The van der Waals surface area contributed by atoms with E-state index in [1.54, 1.807) is 0 Å². The molecular formula is C12H23ClN4O3. The zero-order valence-corrected chi connectivity index (χ0v) is 12.6. The van der Waals surface area contributed by atoms with E-state index in [0.717, 1.165) is 6.42 Å². The standard InChI is InChI=1S/C12H22N4O3.ClH/c1-7(2)10(13)12(19)15-6-9(17)16-8-4-3-5-14-11(8)18;/h7-8,10H,3-6,13H2,1-2H3,(H,14,18)(H,15,19)(H,16,17);1H/t8?,10-;/m0./s1. The molecular weight excluding hydrogens is 284 g/mol. The quantitative estimate of drug-likeness (QED) is 0.516. The lowest BCUT2D eigenvalue weighted by Crippen LogP contribution is -2.53. The Bertz CT molecular complexity index is 363. The molecule has 1 aliphatic rings. The highest BCUT2D eigenvalue weighted by Crippen LogP contribution is 2.02. The molecule has 20 heavy (non-hydrogen) atoms. The molecule has 1 saturated heterocycles. The van der Waals surface area contributed by atoms with Crippen LogP contribution < -0.4 is 21.7 Å². The van der Waals surface area contributed by atoms with E-state index in [9.17, 15) is 14.4 Å². The van der Waals surface area contributed by atoms with Gasteiger partial charge in [0.25, 0.3) is 0 Å². The summed E-state index contributed by atoms with van der Waals surface area (Å²) in [5, 5.41) is 7.72. The third kappa shape index (κ3) is 5.75. The van der Waals surface area contributed by atoms with E-state index in [2.05, 4.69) is 16.0 Å². The fraction of sp³-hybridized carbons (Fsp3) is 0.750. The van der Waals surface area contributed by atoms with Gasteiger partial charge >= 0.3 is 0 Å². The Kier molecular flexibility index (Phi) is 8.17. The van der Waals surface area contributed by atoms with Gasteiger partial charge < -0.3 is 21.7 Å². The van der Waals surface area contributed by atoms with E-state index < -0.39 is 12.1 Å². The number of nitrogens with two attached hydrogens (primary N) is 1. The van der Waals surface area contributed by atoms with Gasteiger partial charge in [0.05, 0.1) is 12.6 Å². The van der Waals surface area contributed by atoms with Gasteiger partial charge in [-0.3, -0.25) is 14.4 Å². The van der Waals surface area contributed by atoms with E-state index in [1.165, 1.54) is 0 Å². The predicted molar refractivity (Wildman–Crippen MR) is 77.2 cm³/mol. The number of hydrogen-bond acceptors (Lipinski definition) is 4. The number of carbonyl (C=O) groups excluding carboxylic acids is 3. The van der Waals surface area contributed by atoms with Crippen molar-refractivity contribution in [1.29, 1.82) is 0 Å². The number of carbonyl (C=O) groups is 3. The Morgan fingerprint density at radius 1 is 1.45 bits per heavy atom. The normalized spacial score (nSPS) is 19.6. The first-order valence-electron chi connectivity index (χ1n) is 6.52. The summed E-state index contributed by atoms with van der Waals surface area (Å²) in [6, 6.07) is -1.14. The van der Waals surface area contributed by atoms with E-state index in [-0.39, 0.29) is 42.6 Å². The lowest BCUT2D eigenvalue weighted by atomic mass is 10.1. The molecule has 1 unspecified atom stereocenters. The highest BCUT2D eigenvalue weighted by Gasteiger charge is 2.24. The fourth-order valence-corrected chi connectivity index (χ4v) is 1.74. The van der Waals surface area contributed by atoms with Crippen LogP contribution in [0.3, 0.4) is 0 Å². The molecule has 0 radical (unpaired) electrons. The first kappa shape index (κ1) is 18.7. The second kappa shape index (κ2) is 8.76. The topological polar surface area (TPSA) is 113 Å². The molecule has 3 amide bonds. The van der Waals surface area contributed by atoms with Crippen molar-refractivity contribution in [1.82, 2.24) is 16.0 Å².